The average Bonchev–Trinajstić information content (AvgIpc) is 3.19. The maximum absolute atomic E-state index is 13.7. The van der Waals surface area contributed by atoms with Crippen LogP contribution in [0.15, 0.2) is 91.1 Å². The topological polar surface area (TPSA) is 37.3 Å². The Morgan fingerprint density at radius 3 is 2.58 bits per heavy atom. The first-order valence-electron chi connectivity index (χ1n) is 9.94. The molecule has 31 heavy (non-hydrogen) atoms. The number of fused-ring (bicyclic) bond motifs is 3. The molecule has 4 nitrogen and oxygen atoms in total. The molecular weight excluding hydrogens is 413 g/mol. The number of nitrogens with one attached hydrogen (secondary N) is 1. The molecule has 2 heterocycles. The summed E-state index contributed by atoms with van der Waals surface area (Å²) in [5.74, 6) is -0.314. The Morgan fingerprint density at radius 2 is 1.77 bits per heavy atom. The van der Waals surface area contributed by atoms with Crippen molar-refractivity contribution in [3.8, 4) is 5.69 Å². The highest BCUT2D eigenvalue weighted by Gasteiger charge is 2.33. The molecule has 6 heteroatoms. The first-order valence-corrected chi connectivity index (χ1v) is 10.3. The number of aromatic nitrogens is 1. The lowest BCUT2D eigenvalue weighted by atomic mass is 10.0. The molecule has 3 aromatic carbocycles. The van der Waals surface area contributed by atoms with Crippen molar-refractivity contribution in [2.75, 3.05) is 5.32 Å². The van der Waals surface area contributed by atoms with E-state index < -0.39 is 6.04 Å². The standard InChI is InChI=1S/C25H19ClFN3O/c26-19-6-3-7-21(15-19)28-25(31)30-16-18-5-1-2-8-22(18)29-14-4-9-23(29)24(30)17-10-12-20(27)13-11-17/h1-15,24H,16H2,(H,28,31)/t24-/m0/s1. The Morgan fingerprint density at radius 1 is 0.968 bits per heavy atom. The van der Waals surface area contributed by atoms with Crippen LogP contribution in [0.2, 0.25) is 5.02 Å². The summed E-state index contributed by atoms with van der Waals surface area (Å²) in [5, 5.41) is 3.51. The van der Waals surface area contributed by atoms with E-state index in [9.17, 15) is 9.18 Å². The summed E-state index contributed by atoms with van der Waals surface area (Å²) < 4.78 is 15.7. The Hall–Kier alpha value is -3.57. The molecule has 0 radical (unpaired) electrons. The van der Waals surface area contributed by atoms with Gasteiger partial charge in [0.15, 0.2) is 0 Å². The number of amides is 2. The highest BCUT2D eigenvalue weighted by atomic mass is 35.5. The SMILES string of the molecule is O=C(Nc1cccc(Cl)c1)N1Cc2ccccc2-n2cccc2[C@@H]1c1ccc(F)cc1. The van der Waals surface area contributed by atoms with E-state index in [0.29, 0.717) is 17.3 Å². The van der Waals surface area contributed by atoms with E-state index in [1.165, 1.54) is 12.1 Å². The van der Waals surface area contributed by atoms with Crippen molar-refractivity contribution < 1.29 is 9.18 Å². The van der Waals surface area contributed by atoms with E-state index in [0.717, 1.165) is 22.5 Å². The number of anilines is 1. The van der Waals surface area contributed by atoms with Crippen molar-refractivity contribution in [2.45, 2.75) is 12.6 Å². The molecule has 1 aromatic heterocycles. The van der Waals surface area contributed by atoms with Gasteiger partial charge in [0.1, 0.15) is 5.82 Å². The van der Waals surface area contributed by atoms with Crippen LogP contribution in [0.5, 0.6) is 0 Å². The van der Waals surface area contributed by atoms with Crippen LogP contribution in [0, 0.1) is 5.82 Å². The molecule has 1 aliphatic heterocycles. The third-order valence-corrected chi connectivity index (χ3v) is 5.72. The van der Waals surface area contributed by atoms with Crippen LogP contribution in [0.1, 0.15) is 22.9 Å². The number of nitrogens with zero attached hydrogens (tertiary/aromatic N) is 2. The summed E-state index contributed by atoms with van der Waals surface area (Å²) >= 11 is 6.10. The minimum atomic E-state index is -0.401. The number of benzene rings is 3. The predicted octanol–water partition coefficient (Wildman–Crippen LogP) is 6.41. The maximum atomic E-state index is 13.7. The monoisotopic (exact) mass is 431 g/mol. The van der Waals surface area contributed by atoms with Gasteiger partial charge in [-0.3, -0.25) is 0 Å². The number of hydrogen-bond acceptors (Lipinski definition) is 1. The molecule has 5 rings (SSSR count). The van der Waals surface area contributed by atoms with Gasteiger partial charge in [0.25, 0.3) is 0 Å². The molecule has 0 saturated heterocycles. The summed E-state index contributed by atoms with van der Waals surface area (Å²) in [4.78, 5) is 15.3. The fourth-order valence-electron chi connectivity index (χ4n) is 4.10. The second kappa shape index (κ2) is 7.93. The molecule has 0 unspecified atom stereocenters. The molecule has 4 aromatic rings. The average molecular weight is 432 g/mol. The van der Waals surface area contributed by atoms with Crippen molar-refractivity contribution in [2.24, 2.45) is 0 Å². The first-order chi connectivity index (χ1) is 15.1. The fraction of sp³-hybridized carbons (Fsp3) is 0.0800. The van der Waals surface area contributed by atoms with Crippen LogP contribution in [-0.4, -0.2) is 15.5 Å². The van der Waals surface area contributed by atoms with Crippen molar-refractivity contribution in [1.82, 2.24) is 9.47 Å². The van der Waals surface area contributed by atoms with E-state index in [2.05, 4.69) is 9.88 Å². The highest BCUT2D eigenvalue weighted by Crippen LogP contribution is 2.37. The lowest BCUT2D eigenvalue weighted by Crippen LogP contribution is -2.37. The molecule has 0 spiro atoms. The number of carbonyl (C=O) groups excluding carboxylic acids is 1. The van der Waals surface area contributed by atoms with Crippen LogP contribution in [0.25, 0.3) is 5.69 Å². The predicted molar refractivity (Wildman–Crippen MR) is 120 cm³/mol. The van der Waals surface area contributed by atoms with Crippen molar-refractivity contribution in [3.05, 3.63) is 119 Å². The second-order valence-corrected chi connectivity index (χ2v) is 7.89. The summed E-state index contributed by atoms with van der Waals surface area (Å²) in [7, 11) is 0. The third kappa shape index (κ3) is 3.68. The van der Waals surface area contributed by atoms with Gasteiger partial charge < -0.3 is 14.8 Å². The van der Waals surface area contributed by atoms with Crippen molar-refractivity contribution in [3.63, 3.8) is 0 Å². The molecule has 0 fully saturated rings. The number of urea groups is 1. The van der Waals surface area contributed by atoms with Gasteiger partial charge >= 0.3 is 6.03 Å². The van der Waals surface area contributed by atoms with Gasteiger partial charge in [0.2, 0.25) is 0 Å². The molecular formula is C25H19ClFN3O. The van der Waals surface area contributed by atoms with Crippen LogP contribution in [0.4, 0.5) is 14.9 Å². The number of para-hydroxylation sites is 1. The van der Waals surface area contributed by atoms with Gasteiger partial charge in [-0.1, -0.05) is 48.0 Å². The number of rotatable bonds is 2. The van der Waals surface area contributed by atoms with Gasteiger partial charge in [-0.15, -0.1) is 0 Å². The lowest BCUT2D eigenvalue weighted by Gasteiger charge is -2.31. The largest absolute Gasteiger partial charge is 0.322 e. The van der Waals surface area contributed by atoms with E-state index in [-0.39, 0.29) is 11.8 Å². The maximum Gasteiger partial charge on any atom is 0.322 e. The highest BCUT2D eigenvalue weighted by molar-refractivity contribution is 6.30. The molecule has 0 aliphatic carbocycles. The molecule has 1 aliphatic rings. The zero-order chi connectivity index (χ0) is 21.4. The zero-order valence-electron chi connectivity index (χ0n) is 16.5. The van der Waals surface area contributed by atoms with Crippen LogP contribution >= 0.6 is 11.6 Å². The number of carbonyl (C=O) groups is 1. The summed E-state index contributed by atoms with van der Waals surface area (Å²) in [5.41, 5.74) is 4.41. The summed E-state index contributed by atoms with van der Waals surface area (Å²) in [6, 6.07) is 24.7. The number of halogens is 2. The summed E-state index contributed by atoms with van der Waals surface area (Å²) in [6.07, 6.45) is 1.99. The van der Waals surface area contributed by atoms with Crippen LogP contribution in [-0.2, 0) is 6.54 Å². The number of hydrogen-bond donors (Lipinski definition) is 1. The van der Waals surface area contributed by atoms with E-state index >= 15 is 0 Å². The van der Waals surface area contributed by atoms with Gasteiger partial charge in [0, 0.05) is 22.6 Å². The van der Waals surface area contributed by atoms with Gasteiger partial charge in [0.05, 0.1) is 18.3 Å². The molecule has 1 atom stereocenters. The van der Waals surface area contributed by atoms with Crippen LogP contribution in [0.3, 0.4) is 0 Å². The van der Waals surface area contributed by atoms with Gasteiger partial charge in [-0.2, -0.15) is 0 Å². The summed E-state index contributed by atoms with van der Waals surface area (Å²) in [6.45, 7) is 0.395. The minimum Gasteiger partial charge on any atom is -0.318 e. The van der Waals surface area contributed by atoms with Gasteiger partial charge in [-0.05, 0) is 59.7 Å². The van der Waals surface area contributed by atoms with Gasteiger partial charge in [-0.25, -0.2) is 9.18 Å². The minimum absolute atomic E-state index is 0.263. The normalized spacial score (nSPS) is 15.0. The lowest BCUT2D eigenvalue weighted by molar-refractivity contribution is 0.194. The quantitative estimate of drug-likeness (QED) is 0.391. The third-order valence-electron chi connectivity index (χ3n) is 5.49. The smallest absolute Gasteiger partial charge is 0.318 e. The zero-order valence-corrected chi connectivity index (χ0v) is 17.3. The van der Waals surface area contributed by atoms with Crippen molar-refractivity contribution >= 4 is 23.3 Å². The van der Waals surface area contributed by atoms with E-state index in [4.69, 9.17) is 11.6 Å². The van der Waals surface area contributed by atoms with Crippen LogP contribution < -0.4 is 5.32 Å². The van der Waals surface area contributed by atoms with Crippen molar-refractivity contribution in [1.29, 1.82) is 0 Å². The molecule has 2 amide bonds. The molecule has 0 saturated carbocycles. The first kappa shape index (κ1) is 19.4. The fourth-order valence-corrected chi connectivity index (χ4v) is 4.29. The second-order valence-electron chi connectivity index (χ2n) is 7.45. The molecule has 154 valence electrons. The van der Waals surface area contributed by atoms with E-state index in [1.54, 1.807) is 41.3 Å². The Balaban J connectivity index is 1.63. The Bertz CT molecular complexity index is 1250. The molecule has 0 bridgehead atoms. The Kier molecular flexibility index (Phi) is 4.96. The molecule has 1 N–H and O–H groups in total. The van der Waals surface area contributed by atoms with E-state index in [1.807, 2.05) is 42.6 Å². The Labute approximate surface area is 184 Å².